The summed E-state index contributed by atoms with van der Waals surface area (Å²) < 4.78 is 0. The van der Waals surface area contributed by atoms with Crippen LogP contribution in [0, 0.1) is 70.0 Å². The second-order valence-electron chi connectivity index (χ2n) is 8.71. The van der Waals surface area contributed by atoms with Crippen molar-refractivity contribution in [2.24, 2.45) is 10.8 Å². The molecule has 0 N–H and O–H groups in total. The number of unbranched alkanes of at least 4 members (excludes halogenated alkanes) is 10. The largest absolute Gasteiger partial charge is 0.179 e. The van der Waals surface area contributed by atoms with Gasteiger partial charge in [0, 0.05) is 25.7 Å². The fourth-order valence-corrected chi connectivity index (χ4v) is 3.54. The van der Waals surface area contributed by atoms with Gasteiger partial charge in [0.1, 0.15) is 5.41 Å². The van der Waals surface area contributed by atoms with E-state index >= 15 is 0 Å². The van der Waals surface area contributed by atoms with E-state index in [2.05, 4.69) is 93.8 Å². The van der Waals surface area contributed by atoms with E-state index < -0.39 is 10.8 Å². The van der Waals surface area contributed by atoms with Crippen molar-refractivity contribution in [2.45, 2.75) is 138 Å². The predicted molar refractivity (Wildman–Crippen MR) is 147 cm³/mol. The molecular weight excluding hydrogens is 396 g/mol. The molecule has 0 radical (unpaired) electrons. The number of hydrogen-bond acceptors (Lipinski definition) is 0. The maximum absolute atomic E-state index is 3.61. The molecule has 0 aliphatic heterocycles. The molecule has 0 aromatic rings. The van der Waals surface area contributed by atoms with Gasteiger partial charge in [0.25, 0.3) is 0 Å². The van der Waals surface area contributed by atoms with Gasteiger partial charge in [-0.25, -0.2) is 0 Å². The van der Waals surface area contributed by atoms with Crippen LogP contribution >= 0.6 is 0 Å². The number of hydrogen-bond donors (Lipinski definition) is 0. The van der Waals surface area contributed by atoms with Crippen molar-refractivity contribution in [1.29, 1.82) is 0 Å². The molecule has 0 saturated carbocycles. The van der Waals surface area contributed by atoms with Gasteiger partial charge in [-0.05, 0) is 39.0 Å². The normalized spacial score (nSPS) is 13.0. The molecule has 2 atom stereocenters. The molecule has 0 aromatic heterocycles. The Balaban J connectivity index is 6.63. The molecule has 33 heavy (non-hydrogen) atoms. The second-order valence-corrected chi connectivity index (χ2v) is 8.71. The highest BCUT2D eigenvalue weighted by Crippen LogP contribution is 2.41. The van der Waals surface area contributed by atoms with Crippen LogP contribution in [0.2, 0.25) is 0 Å². The highest BCUT2D eigenvalue weighted by atomic mass is 14.4. The van der Waals surface area contributed by atoms with E-state index in [-0.39, 0.29) is 0 Å². The van der Waals surface area contributed by atoms with Crippen LogP contribution in [0.4, 0.5) is 0 Å². The van der Waals surface area contributed by atoms with Gasteiger partial charge in [-0.3, -0.25) is 0 Å². The zero-order chi connectivity index (χ0) is 24.7. The second kappa shape index (κ2) is 20.4. The SMILES string of the molecule is CC#CC(C#CCCCC)(C#CCCCCC)C(C#CCCCC)(C#CCCCCC)CC. The number of rotatable bonds is 12. The molecule has 0 fully saturated rings. The highest BCUT2D eigenvalue weighted by Gasteiger charge is 2.46. The Labute approximate surface area is 207 Å². The summed E-state index contributed by atoms with van der Waals surface area (Å²) >= 11 is 0. The third-order valence-electron chi connectivity index (χ3n) is 5.76. The van der Waals surface area contributed by atoms with Gasteiger partial charge in [0.2, 0.25) is 0 Å². The Bertz CT molecular complexity index is 817. The van der Waals surface area contributed by atoms with Crippen LogP contribution in [0.3, 0.4) is 0 Å². The summed E-state index contributed by atoms with van der Waals surface area (Å²) in [5, 5.41) is 0. The average Bonchev–Trinajstić information content (AvgIpc) is 2.83. The van der Waals surface area contributed by atoms with Crippen molar-refractivity contribution >= 4 is 0 Å². The molecule has 180 valence electrons. The summed E-state index contributed by atoms with van der Waals surface area (Å²) in [5.74, 6) is 34.7. The van der Waals surface area contributed by atoms with Crippen LogP contribution in [0.1, 0.15) is 138 Å². The molecule has 0 amide bonds. The van der Waals surface area contributed by atoms with E-state index in [0.717, 1.165) is 70.6 Å². The average molecular weight is 445 g/mol. The third-order valence-corrected chi connectivity index (χ3v) is 5.76. The Hall–Kier alpha value is -2.20. The first-order chi connectivity index (χ1) is 16.1. The molecule has 0 heterocycles. The summed E-state index contributed by atoms with van der Waals surface area (Å²) in [5.41, 5.74) is -1.47. The quantitative estimate of drug-likeness (QED) is 0.208. The summed E-state index contributed by atoms with van der Waals surface area (Å²) in [4.78, 5) is 0. The van der Waals surface area contributed by atoms with E-state index in [9.17, 15) is 0 Å². The standard InChI is InChI=1S/C33H48/c1-7-13-17-21-25-29-32(12-6,28-23-19-15-9-3)33(27-11-5,30-24-20-16-10-4)31-26-22-18-14-8-2/h7-10,12-22H2,1-6H3. The molecule has 0 aromatic carbocycles. The summed E-state index contributed by atoms with van der Waals surface area (Å²) in [7, 11) is 0. The van der Waals surface area contributed by atoms with E-state index in [1.165, 1.54) is 25.7 Å². The molecular formula is C33H48. The molecule has 0 saturated heterocycles. The Morgan fingerprint density at radius 2 is 0.848 bits per heavy atom. The van der Waals surface area contributed by atoms with E-state index in [1.54, 1.807) is 0 Å². The van der Waals surface area contributed by atoms with Gasteiger partial charge in [-0.2, -0.15) is 0 Å². The maximum atomic E-state index is 3.61. The zero-order valence-corrected chi connectivity index (χ0v) is 22.6. The Morgan fingerprint density at radius 3 is 1.21 bits per heavy atom. The minimum absolute atomic E-state index is 0.646. The minimum Gasteiger partial charge on any atom is -0.104 e. The molecule has 0 spiro atoms. The van der Waals surface area contributed by atoms with Crippen molar-refractivity contribution in [3.05, 3.63) is 0 Å². The van der Waals surface area contributed by atoms with Gasteiger partial charge in [0.15, 0.2) is 5.41 Å². The molecule has 0 rings (SSSR count). The van der Waals surface area contributed by atoms with Crippen LogP contribution in [0.15, 0.2) is 0 Å². The van der Waals surface area contributed by atoms with E-state index in [0.29, 0.717) is 0 Å². The van der Waals surface area contributed by atoms with Crippen molar-refractivity contribution in [2.75, 3.05) is 0 Å². The topological polar surface area (TPSA) is 0 Å². The first kappa shape index (κ1) is 30.8. The van der Waals surface area contributed by atoms with E-state index in [4.69, 9.17) is 0 Å². The summed E-state index contributed by atoms with van der Waals surface area (Å²) in [6.07, 6.45) is 15.8. The van der Waals surface area contributed by atoms with Crippen molar-refractivity contribution in [3.63, 3.8) is 0 Å². The van der Waals surface area contributed by atoms with Crippen molar-refractivity contribution < 1.29 is 0 Å². The summed E-state index contributed by atoms with van der Waals surface area (Å²) in [6, 6.07) is 0. The lowest BCUT2D eigenvalue weighted by Crippen LogP contribution is -2.37. The molecule has 2 unspecified atom stereocenters. The van der Waals surface area contributed by atoms with Crippen molar-refractivity contribution in [1.82, 2.24) is 0 Å². The van der Waals surface area contributed by atoms with Crippen LogP contribution in [-0.4, -0.2) is 0 Å². The third kappa shape index (κ3) is 12.0. The summed E-state index contributed by atoms with van der Waals surface area (Å²) in [6.45, 7) is 12.9. The fraction of sp³-hybridized carbons (Fsp3) is 0.697. The molecule has 0 aliphatic rings. The fourth-order valence-electron chi connectivity index (χ4n) is 3.54. The van der Waals surface area contributed by atoms with Crippen LogP contribution < -0.4 is 0 Å². The van der Waals surface area contributed by atoms with Crippen LogP contribution in [0.5, 0.6) is 0 Å². The minimum atomic E-state index is -0.826. The van der Waals surface area contributed by atoms with Gasteiger partial charge < -0.3 is 0 Å². The monoisotopic (exact) mass is 444 g/mol. The van der Waals surface area contributed by atoms with Crippen LogP contribution in [0.25, 0.3) is 0 Å². The van der Waals surface area contributed by atoms with Crippen molar-refractivity contribution in [3.8, 4) is 59.2 Å². The predicted octanol–water partition coefficient (Wildman–Crippen LogP) is 8.95. The van der Waals surface area contributed by atoms with Gasteiger partial charge >= 0.3 is 0 Å². The lowest BCUT2D eigenvalue weighted by molar-refractivity contribution is 0.382. The lowest BCUT2D eigenvalue weighted by atomic mass is 9.63. The van der Waals surface area contributed by atoms with Crippen LogP contribution in [-0.2, 0) is 0 Å². The smallest absolute Gasteiger partial charge is 0.104 e. The molecule has 0 heteroatoms. The van der Waals surface area contributed by atoms with Gasteiger partial charge in [-0.1, -0.05) is 103 Å². The molecule has 0 bridgehead atoms. The first-order valence-corrected chi connectivity index (χ1v) is 13.6. The van der Waals surface area contributed by atoms with Gasteiger partial charge in [0.05, 0.1) is 0 Å². The molecule has 0 aliphatic carbocycles. The molecule has 0 nitrogen and oxygen atoms in total. The Morgan fingerprint density at radius 1 is 0.455 bits per heavy atom. The first-order valence-electron chi connectivity index (χ1n) is 13.6. The maximum Gasteiger partial charge on any atom is 0.179 e. The Kier molecular flexibility index (Phi) is 19.0. The zero-order valence-electron chi connectivity index (χ0n) is 22.6. The van der Waals surface area contributed by atoms with Gasteiger partial charge in [-0.15, -0.1) is 29.6 Å². The lowest BCUT2D eigenvalue weighted by Gasteiger charge is -2.33. The van der Waals surface area contributed by atoms with E-state index in [1.807, 2.05) is 6.92 Å². The highest BCUT2D eigenvalue weighted by molar-refractivity contribution is 5.51.